The molecule has 5 heteroatoms. The number of hydrogen-bond acceptors (Lipinski definition) is 3. The molecule has 0 aliphatic carbocycles. The molecule has 5 nitrogen and oxygen atoms in total. The summed E-state index contributed by atoms with van der Waals surface area (Å²) in [6, 6.07) is 0.490. The van der Waals surface area contributed by atoms with Gasteiger partial charge in [-0.25, -0.2) is 4.98 Å². The van der Waals surface area contributed by atoms with Crippen LogP contribution in [-0.4, -0.2) is 46.0 Å². The molecule has 1 unspecified atom stereocenters. The predicted molar refractivity (Wildman–Crippen MR) is 74.7 cm³/mol. The van der Waals surface area contributed by atoms with Crippen molar-refractivity contribution in [1.29, 1.82) is 0 Å². The van der Waals surface area contributed by atoms with Gasteiger partial charge in [0.25, 0.3) is 0 Å². The fourth-order valence-corrected chi connectivity index (χ4v) is 2.57. The van der Waals surface area contributed by atoms with Crippen LogP contribution in [0.1, 0.15) is 32.6 Å². The van der Waals surface area contributed by atoms with E-state index in [0.29, 0.717) is 12.5 Å². The SMILES string of the molecule is CCCN(CC1CCCN1)C(=O)CCn1ccnc1. The van der Waals surface area contributed by atoms with Gasteiger partial charge in [-0.05, 0) is 25.8 Å². The number of amides is 1. The van der Waals surface area contributed by atoms with Gasteiger partial charge in [-0.3, -0.25) is 4.79 Å². The van der Waals surface area contributed by atoms with Gasteiger partial charge in [0.1, 0.15) is 0 Å². The van der Waals surface area contributed by atoms with E-state index < -0.39 is 0 Å². The maximum Gasteiger partial charge on any atom is 0.224 e. The number of carbonyl (C=O) groups excluding carboxylic acids is 1. The fourth-order valence-electron chi connectivity index (χ4n) is 2.57. The lowest BCUT2D eigenvalue weighted by atomic mass is 10.2. The van der Waals surface area contributed by atoms with Gasteiger partial charge in [-0.2, -0.15) is 0 Å². The van der Waals surface area contributed by atoms with E-state index in [1.165, 1.54) is 12.8 Å². The van der Waals surface area contributed by atoms with E-state index in [1.54, 1.807) is 12.5 Å². The Morgan fingerprint density at radius 1 is 1.58 bits per heavy atom. The van der Waals surface area contributed by atoms with Crippen LogP contribution in [-0.2, 0) is 11.3 Å². The standard InChI is InChI=1S/C14H24N4O/c1-2-8-18(11-13-4-3-6-16-13)14(19)5-9-17-10-7-15-12-17/h7,10,12-13,16H,2-6,8-9,11H2,1H3. The Bertz CT molecular complexity index is 371. The zero-order chi connectivity index (χ0) is 13.5. The van der Waals surface area contributed by atoms with Gasteiger partial charge in [0, 0.05) is 44.5 Å². The van der Waals surface area contributed by atoms with E-state index in [0.717, 1.165) is 32.6 Å². The number of carbonyl (C=O) groups is 1. The summed E-state index contributed by atoms with van der Waals surface area (Å²) in [7, 11) is 0. The minimum Gasteiger partial charge on any atom is -0.341 e. The Morgan fingerprint density at radius 3 is 3.11 bits per heavy atom. The van der Waals surface area contributed by atoms with Crippen molar-refractivity contribution >= 4 is 5.91 Å². The third-order valence-electron chi connectivity index (χ3n) is 3.59. The van der Waals surface area contributed by atoms with Crippen molar-refractivity contribution in [1.82, 2.24) is 19.8 Å². The van der Waals surface area contributed by atoms with Crippen LogP contribution in [0, 0.1) is 0 Å². The molecule has 1 fully saturated rings. The van der Waals surface area contributed by atoms with Crippen molar-refractivity contribution in [3.63, 3.8) is 0 Å². The molecule has 1 amide bonds. The van der Waals surface area contributed by atoms with Gasteiger partial charge in [-0.1, -0.05) is 6.92 Å². The van der Waals surface area contributed by atoms with Gasteiger partial charge in [0.2, 0.25) is 5.91 Å². The lowest BCUT2D eigenvalue weighted by Gasteiger charge is -2.25. The molecule has 1 atom stereocenters. The summed E-state index contributed by atoms with van der Waals surface area (Å²) in [4.78, 5) is 18.3. The minimum atomic E-state index is 0.254. The molecule has 1 aromatic heterocycles. The lowest BCUT2D eigenvalue weighted by Crippen LogP contribution is -2.41. The van der Waals surface area contributed by atoms with Crippen LogP contribution in [0.4, 0.5) is 0 Å². The molecule has 19 heavy (non-hydrogen) atoms. The first kappa shape index (κ1) is 14.1. The van der Waals surface area contributed by atoms with Crippen molar-refractivity contribution in [2.75, 3.05) is 19.6 Å². The molecule has 1 saturated heterocycles. The van der Waals surface area contributed by atoms with E-state index in [9.17, 15) is 4.79 Å². The van der Waals surface area contributed by atoms with Crippen LogP contribution >= 0.6 is 0 Å². The summed E-state index contributed by atoms with van der Waals surface area (Å²) in [6.07, 6.45) is 9.40. The second kappa shape index (κ2) is 7.28. The second-order valence-corrected chi connectivity index (χ2v) is 5.18. The smallest absolute Gasteiger partial charge is 0.224 e. The summed E-state index contributed by atoms with van der Waals surface area (Å²) in [5.74, 6) is 0.254. The largest absolute Gasteiger partial charge is 0.341 e. The summed E-state index contributed by atoms with van der Waals surface area (Å²) >= 11 is 0. The molecular formula is C14H24N4O. The zero-order valence-corrected chi connectivity index (χ0v) is 11.7. The molecule has 0 spiro atoms. The fraction of sp³-hybridized carbons (Fsp3) is 0.714. The molecule has 106 valence electrons. The molecule has 2 heterocycles. The highest BCUT2D eigenvalue weighted by Crippen LogP contribution is 2.09. The third-order valence-corrected chi connectivity index (χ3v) is 3.59. The van der Waals surface area contributed by atoms with Crippen molar-refractivity contribution in [2.24, 2.45) is 0 Å². The van der Waals surface area contributed by atoms with E-state index in [4.69, 9.17) is 0 Å². The predicted octanol–water partition coefficient (Wildman–Crippen LogP) is 1.26. The average Bonchev–Trinajstić information content (AvgIpc) is 3.08. The number of hydrogen-bond donors (Lipinski definition) is 1. The van der Waals surface area contributed by atoms with Crippen LogP contribution in [0.15, 0.2) is 18.7 Å². The van der Waals surface area contributed by atoms with Crippen LogP contribution in [0.5, 0.6) is 0 Å². The molecule has 1 aromatic rings. The molecular weight excluding hydrogens is 240 g/mol. The van der Waals surface area contributed by atoms with Gasteiger partial charge in [-0.15, -0.1) is 0 Å². The van der Waals surface area contributed by atoms with Gasteiger partial charge >= 0.3 is 0 Å². The van der Waals surface area contributed by atoms with Crippen LogP contribution < -0.4 is 5.32 Å². The molecule has 0 aromatic carbocycles. The Hall–Kier alpha value is -1.36. The number of aryl methyl sites for hydroxylation is 1. The normalized spacial score (nSPS) is 18.7. The molecule has 0 radical (unpaired) electrons. The average molecular weight is 264 g/mol. The Balaban J connectivity index is 1.80. The summed E-state index contributed by atoms with van der Waals surface area (Å²) < 4.78 is 1.95. The molecule has 0 saturated carbocycles. The second-order valence-electron chi connectivity index (χ2n) is 5.18. The van der Waals surface area contributed by atoms with E-state index >= 15 is 0 Å². The monoisotopic (exact) mass is 264 g/mol. The minimum absolute atomic E-state index is 0.254. The quantitative estimate of drug-likeness (QED) is 0.806. The number of imidazole rings is 1. The molecule has 1 aliphatic rings. The Kier molecular flexibility index (Phi) is 5.39. The third kappa shape index (κ3) is 4.35. The van der Waals surface area contributed by atoms with Crippen molar-refractivity contribution in [3.8, 4) is 0 Å². The van der Waals surface area contributed by atoms with Crippen LogP contribution in [0.25, 0.3) is 0 Å². The lowest BCUT2D eigenvalue weighted by molar-refractivity contribution is -0.131. The molecule has 0 bridgehead atoms. The van der Waals surface area contributed by atoms with E-state index in [2.05, 4.69) is 17.2 Å². The first-order valence-electron chi connectivity index (χ1n) is 7.26. The van der Waals surface area contributed by atoms with Gasteiger partial charge in [0.15, 0.2) is 0 Å². The molecule has 1 aliphatic heterocycles. The molecule has 1 N–H and O–H groups in total. The highest BCUT2D eigenvalue weighted by Gasteiger charge is 2.20. The van der Waals surface area contributed by atoms with E-state index in [1.807, 2.05) is 15.7 Å². The van der Waals surface area contributed by atoms with Crippen molar-refractivity contribution in [2.45, 2.75) is 45.2 Å². The van der Waals surface area contributed by atoms with Crippen molar-refractivity contribution < 1.29 is 4.79 Å². The number of nitrogens with zero attached hydrogens (tertiary/aromatic N) is 3. The summed E-state index contributed by atoms with van der Waals surface area (Å²) in [5, 5.41) is 3.46. The van der Waals surface area contributed by atoms with Crippen LogP contribution in [0.3, 0.4) is 0 Å². The highest BCUT2D eigenvalue weighted by molar-refractivity contribution is 5.76. The van der Waals surface area contributed by atoms with Gasteiger partial charge in [0.05, 0.1) is 6.33 Å². The summed E-state index contributed by atoms with van der Waals surface area (Å²) in [6.45, 7) is 5.65. The summed E-state index contributed by atoms with van der Waals surface area (Å²) in [5.41, 5.74) is 0. The van der Waals surface area contributed by atoms with Gasteiger partial charge < -0.3 is 14.8 Å². The number of rotatable bonds is 7. The topological polar surface area (TPSA) is 50.2 Å². The van der Waals surface area contributed by atoms with Crippen molar-refractivity contribution in [3.05, 3.63) is 18.7 Å². The molecule has 2 rings (SSSR count). The number of nitrogens with one attached hydrogen (secondary N) is 1. The van der Waals surface area contributed by atoms with E-state index in [-0.39, 0.29) is 5.91 Å². The first-order valence-corrected chi connectivity index (χ1v) is 7.26. The Morgan fingerprint density at radius 2 is 2.47 bits per heavy atom. The highest BCUT2D eigenvalue weighted by atomic mass is 16.2. The Labute approximate surface area is 115 Å². The maximum absolute atomic E-state index is 12.3. The maximum atomic E-state index is 12.3. The first-order chi connectivity index (χ1) is 9.29. The zero-order valence-electron chi connectivity index (χ0n) is 11.7. The number of aromatic nitrogens is 2. The van der Waals surface area contributed by atoms with Crippen LogP contribution in [0.2, 0.25) is 0 Å².